The summed E-state index contributed by atoms with van der Waals surface area (Å²) in [4.78, 5) is 23.0. The monoisotopic (exact) mass is 393 g/mol. The molecule has 0 amide bonds. The first-order valence-corrected chi connectivity index (χ1v) is 9.74. The van der Waals surface area contributed by atoms with Crippen molar-refractivity contribution < 1.29 is 27.1 Å². The summed E-state index contributed by atoms with van der Waals surface area (Å²) in [6, 6.07) is 11.3. The van der Waals surface area contributed by atoms with Gasteiger partial charge in [0.1, 0.15) is 5.82 Å². The SMILES string of the molecule is COC(=O)CCC(=O)c1ccc(CCNS(=O)(=O)c2ccc(F)cc2)cc1. The zero-order chi connectivity index (χ0) is 19.9. The zero-order valence-corrected chi connectivity index (χ0v) is 15.6. The molecule has 0 saturated heterocycles. The van der Waals surface area contributed by atoms with E-state index in [1.54, 1.807) is 24.3 Å². The van der Waals surface area contributed by atoms with Crippen molar-refractivity contribution in [2.45, 2.75) is 24.2 Å². The summed E-state index contributed by atoms with van der Waals surface area (Å²) in [6.45, 7) is 0.162. The van der Waals surface area contributed by atoms with Crippen molar-refractivity contribution in [1.82, 2.24) is 4.72 Å². The molecule has 0 aromatic heterocycles. The van der Waals surface area contributed by atoms with Crippen LogP contribution in [0.4, 0.5) is 4.39 Å². The van der Waals surface area contributed by atoms with E-state index in [0.717, 1.165) is 17.7 Å². The highest BCUT2D eigenvalue weighted by molar-refractivity contribution is 7.89. The zero-order valence-electron chi connectivity index (χ0n) is 14.8. The van der Waals surface area contributed by atoms with Crippen LogP contribution in [-0.4, -0.2) is 33.8 Å². The lowest BCUT2D eigenvalue weighted by atomic mass is 10.0. The van der Waals surface area contributed by atoms with Crippen LogP contribution in [0.3, 0.4) is 0 Å². The Morgan fingerprint density at radius 2 is 1.63 bits per heavy atom. The van der Waals surface area contributed by atoms with Crippen molar-refractivity contribution in [2.75, 3.05) is 13.7 Å². The van der Waals surface area contributed by atoms with Crippen molar-refractivity contribution in [3.63, 3.8) is 0 Å². The van der Waals surface area contributed by atoms with E-state index >= 15 is 0 Å². The summed E-state index contributed by atoms with van der Waals surface area (Å²) < 4.78 is 44.1. The Bertz CT molecular complexity index is 893. The summed E-state index contributed by atoms with van der Waals surface area (Å²) in [7, 11) is -2.43. The van der Waals surface area contributed by atoms with Crippen molar-refractivity contribution >= 4 is 21.8 Å². The highest BCUT2D eigenvalue weighted by Gasteiger charge is 2.13. The highest BCUT2D eigenvalue weighted by atomic mass is 32.2. The maximum Gasteiger partial charge on any atom is 0.305 e. The van der Waals surface area contributed by atoms with Gasteiger partial charge in [-0.3, -0.25) is 9.59 Å². The van der Waals surface area contributed by atoms with Gasteiger partial charge in [0, 0.05) is 18.5 Å². The molecule has 2 aromatic carbocycles. The third-order valence-corrected chi connectivity index (χ3v) is 5.37. The Labute approximate surface area is 157 Å². The van der Waals surface area contributed by atoms with Gasteiger partial charge in [-0.25, -0.2) is 17.5 Å². The Kier molecular flexibility index (Phi) is 7.20. The Morgan fingerprint density at radius 1 is 1.00 bits per heavy atom. The molecular formula is C19H20FNO5S. The normalized spacial score (nSPS) is 11.2. The number of carbonyl (C=O) groups is 2. The van der Waals surface area contributed by atoms with Crippen LogP contribution < -0.4 is 4.72 Å². The first-order valence-electron chi connectivity index (χ1n) is 8.26. The summed E-state index contributed by atoms with van der Waals surface area (Å²) >= 11 is 0. The van der Waals surface area contributed by atoms with Crippen LogP contribution in [0.5, 0.6) is 0 Å². The number of halogens is 1. The molecule has 144 valence electrons. The number of carbonyl (C=O) groups excluding carboxylic acids is 2. The second kappa shape index (κ2) is 9.38. The second-order valence-electron chi connectivity index (χ2n) is 5.80. The summed E-state index contributed by atoms with van der Waals surface area (Å²) in [5, 5.41) is 0. The van der Waals surface area contributed by atoms with E-state index in [-0.39, 0.29) is 30.1 Å². The van der Waals surface area contributed by atoms with Crippen molar-refractivity contribution in [3.05, 3.63) is 65.5 Å². The quantitative estimate of drug-likeness (QED) is 0.522. The number of hydrogen-bond acceptors (Lipinski definition) is 5. The molecule has 2 aromatic rings. The summed E-state index contributed by atoms with van der Waals surface area (Å²) in [5.74, 6) is -1.10. The van der Waals surface area contributed by atoms with Gasteiger partial charge >= 0.3 is 5.97 Å². The number of esters is 1. The second-order valence-corrected chi connectivity index (χ2v) is 7.56. The first kappa shape index (κ1) is 20.7. The van der Waals surface area contributed by atoms with Gasteiger partial charge in [-0.1, -0.05) is 24.3 Å². The average molecular weight is 393 g/mol. The molecule has 0 saturated carbocycles. The summed E-state index contributed by atoms with van der Waals surface area (Å²) in [6.07, 6.45) is 0.531. The van der Waals surface area contributed by atoms with Gasteiger partial charge in [-0.15, -0.1) is 0 Å². The number of ether oxygens (including phenoxy) is 1. The van der Waals surface area contributed by atoms with Crippen molar-refractivity contribution in [1.29, 1.82) is 0 Å². The van der Waals surface area contributed by atoms with Gasteiger partial charge < -0.3 is 4.74 Å². The van der Waals surface area contributed by atoms with Crippen LogP contribution >= 0.6 is 0 Å². The highest BCUT2D eigenvalue weighted by Crippen LogP contribution is 2.11. The average Bonchev–Trinajstić information content (AvgIpc) is 2.66. The molecule has 0 spiro atoms. The van der Waals surface area contributed by atoms with Crippen LogP contribution in [0, 0.1) is 5.82 Å². The molecule has 0 aliphatic rings. The van der Waals surface area contributed by atoms with E-state index < -0.39 is 21.8 Å². The molecule has 0 unspecified atom stereocenters. The van der Waals surface area contributed by atoms with Gasteiger partial charge in [0.25, 0.3) is 0 Å². The molecule has 8 heteroatoms. The van der Waals surface area contributed by atoms with Gasteiger partial charge in [0.2, 0.25) is 10.0 Å². The van der Waals surface area contributed by atoms with Crippen LogP contribution in [0.2, 0.25) is 0 Å². The maximum absolute atomic E-state index is 12.9. The fraction of sp³-hybridized carbons (Fsp3) is 0.263. The van der Waals surface area contributed by atoms with Gasteiger partial charge in [0.05, 0.1) is 18.4 Å². The third kappa shape index (κ3) is 6.26. The minimum atomic E-state index is -3.70. The molecule has 1 N–H and O–H groups in total. The van der Waals surface area contributed by atoms with Gasteiger partial charge in [0.15, 0.2) is 5.78 Å². The van der Waals surface area contributed by atoms with E-state index in [4.69, 9.17) is 0 Å². The molecule has 0 radical (unpaired) electrons. The van der Waals surface area contributed by atoms with Crippen molar-refractivity contribution in [3.8, 4) is 0 Å². The number of methoxy groups -OCH3 is 1. The molecule has 0 atom stereocenters. The lowest BCUT2D eigenvalue weighted by Gasteiger charge is -2.07. The fourth-order valence-electron chi connectivity index (χ4n) is 2.35. The molecule has 6 nitrogen and oxygen atoms in total. The number of nitrogens with one attached hydrogen (secondary N) is 1. The Hall–Kier alpha value is -2.58. The fourth-order valence-corrected chi connectivity index (χ4v) is 3.38. The maximum atomic E-state index is 12.9. The van der Waals surface area contributed by atoms with E-state index in [0.29, 0.717) is 12.0 Å². The molecule has 0 fully saturated rings. The molecule has 0 aliphatic carbocycles. The molecular weight excluding hydrogens is 373 g/mol. The van der Waals surface area contributed by atoms with Crippen LogP contribution in [0.15, 0.2) is 53.4 Å². The standard InChI is InChI=1S/C19H20FNO5S/c1-26-19(23)11-10-18(22)15-4-2-14(3-5-15)12-13-21-27(24,25)17-8-6-16(20)7-9-17/h2-9,21H,10-13H2,1H3. The minimum absolute atomic E-state index is 0.00421. The number of sulfonamides is 1. The Balaban J connectivity index is 1.87. The molecule has 2 rings (SSSR count). The van der Waals surface area contributed by atoms with E-state index in [1.165, 1.54) is 19.2 Å². The van der Waals surface area contributed by atoms with E-state index in [2.05, 4.69) is 9.46 Å². The molecule has 0 aliphatic heterocycles. The molecule has 27 heavy (non-hydrogen) atoms. The minimum Gasteiger partial charge on any atom is -0.469 e. The van der Waals surface area contributed by atoms with Gasteiger partial charge in [-0.2, -0.15) is 0 Å². The summed E-state index contributed by atoms with van der Waals surface area (Å²) in [5.41, 5.74) is 1.33. The predicted octanol–water partition coefficient (Wildman–Crippen LogP) is 2.48. The van der Waals surface area contributed by atoms with Crippen molar-refractivity contribution in [2.24, 2.45) is 0 Å². The largest absolute Gasteiger partial charge is 0.469 e. The number of ketones is 1. The topological polar surface area (TPSA) is 89.5 Å². The lowest BCUT2D eigenvalue weighted by molar-refractivity contribution is -0.140. The number of Topliss-reactive ketones (excluding diaryl/α,β-unsaturated/α-hetero) is 1. The first-order chi connectivity index (χ1) is 12.8. The number of hydrogen-bond donors (Lipinski definition) is 1. The third-order valence-electron chi connectivity index (χ3n) is 3.89. The molecule has 0 heterocycles. The Morgan fingerprint density at radius 3 is 2.22 bits per heavy atom. The van der Waals surface area contributed by atoms with Crippen LogP contribution in [0.1, 0.15) is 28.8 Å². The van der Waals surface area contributed by atoms with Crippen LogP contribution in [-0.2, 0) is 26.0 Å². The van der Waals surface area contributed by atoms with Crippen LogP contribution in [0.25, 0.3) is 0 Å². The predicted molar refractivity (Wildman–Crippen MR) is 97.3 cm³/mol. The van der Waals surface area contributed by atoms with Gasteiger partial charge in [-0.05, 0) is 36.2 Å². The number of benzene rings is 2. The van der Waals surface area contributed by atoms with E-state index in [1.807, 2.05) is 0 Å². The molecule has 0 bridgehead atoms. The smallest absolute Gasteiger partial charge is 0.305 e. The van der Waals surface area contributed by atoms with E-state index in [9.17, 15) is 22.4 Å². The number of rotatable bonds is 9. The lowest BCUT2D eigenvalue weighted by Crippen LogP contribution is -2.26.